The second kappa shape index (κ2) is 9.84. The molecule has 0 fully saturated rings. The molecular weight excluding hydrogens is 454 g/mol. The third kappa shape index (κ3) is 4.59. The van der Waals surface area contributed by atoms with Crippen molar-refractivity contribution in [2.24, 2.45) is 0 Å². The van der Waals surface area contributed by atoms with E-state index in [1.807, 2.05) is 36.4 Å². The van der Waals surface area contributed by atoms with Gasteiger partial charge in [-0.15, -0.1) is 0 Å². The molecule has 4 aromatic rings. The monoisotopic (exact) mass is 477 g/mol. The summed E-state index contributed by atoms with van der Waals surface area (Å²) in [5.74, 6) is -1.04. The van der Waals surface area contributed by atoms with Gasteiger partial charge in [-0.25, -0.2) is 4.79 Å². The van der Waals surface area contributed by atoms with Crippen molar-refractivity contribution >= 4 is 40.4 Å². The Labute approximate surface area is 208 Å². The number of methoxy groups -OCH3 is 1. The lowest BCUT2D eigenvalue weighted by Gasteiger charge is -2.18. The number of benzene rings is 3. The summed E-state index contributed by atoms with van der Waals surface area (Å²) >= 11 is 0. The molecule has 0 unspecified atom stereocenters. The molecule has 0 spiro atoms. The van der Waals surface area contributed by atoms with Gasteiger partial charge in [-0.2, -0.15) is 0 Å². The molecule has 1 aliphatic heterocycles. The highest BCUT2D eigenvalue weighted by molar-refractivity contribution is 6.21. The first-order chi connectivity index (χ1) is 17.5. The number of rotatable bonds is 7. The fourth-order valence-corrected chi connectivity index (χ4v) is 4.19. The number of pyridine rings is 1. The van der Waals surface area contributed by atoms with Crippen LogP contribution < -0.4 is 5.32 Å². The molecule has 0 saturated carbocycles. The number of carbonyl (C=O) groups is 3. The second-order valence-electron chi connectivity index (χ2n) is 8.43. The van der Waals surface area contributed by atoms with Crippen molar-refractivity contribution < 1.29 is 19.1 Å². The maximum atomic E-state index is 13.0. The van der Waals surface area contributed by atoms with Gasteiger partial charge in [0.15, 0.2) is 0 Å². The summed E-state index contributed by atoms with van der Waals surface area (Å²) in [7, 11) is 1.34. The van der Waals surface area contributed by atoms with Crippen molar-refractivity contribution in [2.75, 3.05) is 25.5 Å². The molecule has 2 amide bonds. The molecule has 1 aromatic heterocycles. The van der Waals surface area contributed by atoms with E-state index >= 15 is 0 Å². The summed E-state index contributed by atoms with van der Waals surface area (Å²) in [5.41, 5.74) is 4.62. The number of carbonyl (C=O) groups excluding carboxylic acids is 3. The zero-order chi connectivity index (χ0) is 25.1. The molecule has 36 heavy (non-hydrogen) atoms. The SMILES string of the molecule is COC(=O)c1ccc(C=C(CNc2cnc3ccccc3c2)CN2C(=O)c3ccccc3C2=O)cc1. The third-order valence-corrected chi connectivity index (χ3v) is 6.05. The Bertz CT molecular complexity index is 1470. The topological polar surface area (TPSA) is 88.6 Å². The van der Waals surface area contributed by atoms with E-state index in [4.69, 9.17) is 4.74 Å². The number of hydrogen-bond acceptors (Lipinski definition) is 6. The van der Waals surface area contributed by atoms with Crippen LogP contribution in [-0.4, -0.2) is 47.9 Å². The highest BCUT2D eigenvalue weighted by Gasteiger charge is 2.35. The van der Waals surface area contributed by atoms with E-state index in [9.17, 15) is 14.4 Å². The first-order valence-electron chi connectivity index (χ1n) is 11.5. The van der Waals surface area contributed by atoms with Crippen LogP contribution in [0.25, 0.3) is 17.0 Å². The molecule has 7 heteroatoms. The molecule has 0 bridgehead atoms. The van der Waals surface area contributed by atoms with E-state index in [-0.39, 0.29) is 18.4 Å². The standard InChI is InChI=1S/C29H23N3O4/c1-36-29(35)21-12-10-19(11-13-21)14-20(16-30-23-15-22-6-2-5-9-26(22)31-17-23)18-32-27(33)24-7-3-4-8-25(24)28(32)34/h2-15,17,30H,16,18H2,1H3. The van der Waals surface area contributed by atoms with Gasteiger partial charge in [0.1, 0.15) is 0 Å². The van der Waals surface area contributed by atoms with Gasteiger partial charge in [-0.05, 0) is 47.5 Å². The number of esters is 1. The Balaban J connectivity index is 1.42. The molecule has 0 aliphatic carbocycles. The minimum absolute atomic E-state index is 0.124. The lowest BCUT2D eigenvalue weighted by atomic mass is 10.1. The second-order valence-corrected chi connectivity index (χ2v) is 8.43. The van der Waals surface area contributed by atoms with Gasteiger partial charge in [0.05, 0.1) is 47.7 Å². The predicted molar refractivity (Wildman–Crippen MR) is 138 cm³/mol. The maximum Gasteiger partial charge on any atom is 0.337 e. The number of ether oxygens (including phenoxy) is 1. The predicted octanol–water partition coefficient (Wildman–Crippen LogP) is 4.81. The zero-order valence-electron chi connectivity index (χ0n) is 19.6. The Hall–Kier alpha value is -4.78. The number of imide groups is 1. The Morgan fingerprint density at radius 3 is 2.31 bits per heavy atom. The fraction of sp³-hybridized carbons (Fsp3) is 0.103. The van der Waals surface area contributed by atoms with Gasteiger partial charge >= 0.3 is 5.97 Å². The van der Waals surface area contributed by atoms with Gasteiger partial charge in [0.25, 0.3) is 11.8 Å². The zero-order valence-corrected chi connectivity index (χ0v) is 19.6. The molecule has 5 rings (SSSR count). The molecule has 1 aliphatic rings. The van der Waals surface area contributed by atoms with Crippen molar-refractivity contribution in [1.29, 1.82) is 0 Å². The van der Waals surface area contributed by atoms with Crippen LogP contribution in [0.3, 0.4) is 0 Å². The minimum atomic E-state index is -0.415. The molecule has 2 heterocycles. The van der Waals surface area contributed by atoms with Gasteiger partial charge < -0.3 is 10.1 Å². The number of amides is 2. The summed E-state index contributed by atoms with van der Waals surface area (Å²) in [4.78, 5) is 43.5. The van der Waals surface area contributed by atoms with Crippen molar-refractivity contribution in [3.8, 4) is 0 Å². The third-order valence-electron chi connectivity index (χ3n) is 6.05. The normalized spacial score (nSPS) is 13.1. The van der Waals surface area contributed by atoms with Crippen LogP contribution in [0.4, 0.5) is 5.69 Å². The smallest absolute Gasteiger partial charge is 0.337 e. The number of fused-ring (bicyclic) bond motifs is 2. The Morgan fingerprint density at radius 2 is 1.61 bits per heavy atom. The fourth-order valence-electron chi connectivity index (χ4n) is 4.19. The number of nitrogens with one attached hydrogen (secondary N) is 1. The lowest BCUT2D eigenvalue weighted by Crippen LogP contribution is -2.33. The molecule has 0 atom stereocenters. The summed E-state index contributed by atoms with van der Waals surface area (Å²) in [6.45, 7) is 0.505. The molecule has 3 aromatic carbocycles. The summed E-state index contributed by atoms with van der Waals surface area (Å²) in [5, 5.41) is 4.37. The Morgan fingerprint density at radius 1 is 0.944 bits per heavy atom. The van der Waals surface area contributed by atoms with Crippen LogP contribution >= 0.6 is 0 Å². The highest BCUT2D eigenvalue weighted by atomic mass is 16.5. The van der Waals surface area contributed by atoms with Crippen molar-refractivity contribution in [3.05, 3.63) is 113 Å². The lowest BCUT2D eigenvalue weighted by molar-refractivity contribution is 0.0598. The first kappa shape index (κ1) is 23.0. The van der Waals surface area contributed by atoms with Gasteiger partial charge in [0.2, 0.25) is 0 Å². The number of para-hydroxylation sites is 1. The summed E-state index contributed by atoms with van der Waals surface area (Å²) < 4.78 is 4.77. The van der Waals surface area contributed by atoms with Crippen LogP contribution in [0.2, 0.25) is 0 Å². The van der Waals surface area contributed by atoms with Crippen LogP contribution in [0, 0.1) is 0 Å². The molecule has 0 saturated heterocycles. The Kier molecular flexibility index (Phi) is 6.28. The van der Waals surface area contributed by atoms with Crippen molar-refractivity contribution in [2.45, 2.75) is 0 Å². The summed E-state index contributed by atoms with van der Waals surface area (Å²) in [6, 6.07) is 23.6. The minimum Gasteiger partial charge on any atom is -0.465 e. The largest absolute Gasteiger partial charge is 0.465 e. The van der Waals surface area contributed by atoms with Crippen LogP contribution in [0.1, 0.15) is 36.6 Å². The highest BCUT2D eigenvalue weighted by Crippen LogP contribution is 2.24. The number of aromatic nitrogens is 1. The van der Waals surface area contributed by atoms with E-state index in [2.05, 4.69) is 10.3 Å². The van der Waals surface area contributed by atoms with Crippen molar-refractivity contribution in [1.82, 2.24) is 9.88 Å². The average molecular weight is 478 g/mol. The molecular formula is C29H23N3O4. The number of anilines is 1. The van der Waals surface area contributed by atoms with E-state index in [0.29, 0.717) is 23.2 Å². The van der Waals surface area contributed by atoms with E-state index in [0.717, 1.165) is 27.7 Å². The van der Waals surface area contributed by atoms with E-state index in [1.165, 1.54) is 12.0 Å². The van der Waals surface area contributed by atoms with Crippen molar-refractivity contribution in [3.63, 3.8) is 0 Å². The van der Waals surface area contributed by atoms with E-state index in [1.54, 1.807) is 54.7 Å². The number of nitrogens with zero attached hydrogens (tertiary/aromatic N) is 2. The van der Waals surface area contributed by atoms with Gasteiger partial charge in [0, 0.05) is 11.9 Å². The van der Waals surface area contributed by atoms with Crippen LogP contribution in [0.5, 0.6) is 0 Å². The van der Waals surface area contributed by atoms with Crippen LogP contribution in [0.15, 0.2) is 90.6 Å². The van der Waals surface area contributed by atoms with Gasteiger partial charge in [-0.3, -0.25) is 19.5 Å². The van der Waals surface area contributed by atoms with Gasteiger partial charge in [-0.1, -0.05) is 48.5 Å². The molecule has 0 radical (unpaired) electrons. The molecule has 178 valence electrons. The van der Waals surface area contributed by atoms with E-state index < -0.39 is 5.97 Å². The number of hydrogen-bond donors (Lipinski definition) is 1. The first-order valence-corrected chi connectivity index (χ1v) is 11.5. The summed E-state index contributed by atoms with van der Waals surface area (Å²) in [6.07, 6.45) is 3.67. The maximum absolute atomic E-state index is 13.0. The molecule has 7 nitrogen and oxygen atoms in total. The molecule has 1 N–H and O–H groups in total. The quantitative estimate of drug-likeness (QED) is 0.304. The average Bonchev–Trinajstić information content (AvgIpc) is 3.16. The van der Waals surface area contributed by atoms with Crippen LogP contribution in [-0.2, 0) is 4.74 Å².